The standard InChI is InChI=1S/C17H28N4/c1-5-15-10-17(21(6-2)19-15)13-20-9-7-8-16(20)12-18-11-14(3)4/h7-10,14,18H,5-6,11-13H2,1-4H3. The van der Waals surface area contributed by atoms with Gasteiger partial charge >= 0.3 is 0 Å². The van der Waals surface area contributed by atoms with E-state index >= 15 is 0 Å². The Morgan fingerprint density at radius 2 is 2.05 bits per heavy atom. The molecule has 0 aliphatic heterocycles. The first-order valence-electron chi connectivity index (χ1n) is 8.04. The fraction of sp³-hybridized carbons (Fsp3) is 0.588. The number of nitrogens with zero attached hydrogens (tertiary/aromatic N) is 3. The highest BCUT2D eigenvalue weighted by Crippen LogP contribution is 2.11. The molecule has 21 heavy (non-hydrogen) atoms. The van der Waals surface area contributed by atoms with Crippen molar-refractivity contribution in [2.24, 2.45) is 5.92 Å². The average Bonchev–Trinajstić information content (AvgIpc) is 3.06. The van der Waals surface area contributed by atoms with Gasteiger partial charge in [-0.2, -0.15) is 5.10 Å². The summed E-state index contributed by atoms with van der Waals surface area (Å²) in [5.74, 6) is 0.682. The van der Waals surface area contributed by atoms with Crippen LogP contribution in [-0.2, 0) is 26.1 Å². The molecule has 0 saturated carbocycles. The van der Waals surface area contributed by atoms with Crippen LogP contribution in [0.4, 0.5) is 0 Å². The zero-order valence-corrected chi connectivity index (χ0v) is 13.8. The summed E-state index contributed by atoms with van der Waals surface area (Å²) >= 11 is 0. The molecule has 1 N–H and O–H groups in total. The van der Waals surface area contributed by atoms with Crippen LogP contribution in [0, 0.1) is 5.92 Å². The number of aromatic nitrogens is 3. The van der Waals surface area contributed by atoms with E-state index in [0.29, 0.717) is 5.92 Å². The third kappa shape index (κ3) is 4.21. The van der Waals surface area contributed by atoms with Crippen molar-refractivity contribution in [1.82, 2.24) is 19.7 Å². The van der Waals surface area contributed by atoms with Gasteiger partial charge in [-0.25, -0.2) is 0 Å². The second-order valence-electron chi connectivity index (χ2n) is 5.95. The van der Waals surface area contributed by atoms with E-state index in [1.807, 2.05) is 0 Å². The van der Waals surface area contributed by atoms with Crippen LogP contribution in [-0.4, -0.2) is 20.9 Å². The van der Waals surface area contributed by atoms with Crippen LogP contribution in [0.5, 0.6) is 0 Å². The van der Waals surface area contributed by atoms with Crippen molar-refractivity contribution in [1.29, 1.82) is 0 Å². The van der Waals surface area contributed by atoms with Crippen molar-refractivity contribution < 1.29 is 0 Å². The van der Waals surface area contributed by atoms with Crippen molar-refractivity contribution in [3.05, 3.63) is 41.5 Å². The molecule has 4 nitrogen and oxygen atoms in total. The first-order chi connectivity index (χ1) is 10.1. The Hall–Kier alpha value is -1.55. The Bertz CT molecular complexity index is 551. The normalized spacial score (nSPS) is 11.5. The predicted octanol–water partition coefficient (Wildman–Crippen LogP) is 3.06. The van der Waals surface area contributed by atoms with Gasteiger partial charge in [0.1, 0.15) is 0 Å². The Balaban J connectivity index is 2.06. The molecule has 2 rings (SSSR count). The molecule has 0 aromatic carbocycles. The molecule has 116 valence electrons. The molecule has 0 aliphatic carbocycles. The lowest BCUT2D eigenvalue weighted by atomic mass is 10.2. The Kier molecular flexibility index (Phi) is 5.62. The number of nitrogens with one attached hydrogen (secondary N) is 1. The molecule has 0 spiro atoms. The van der Waals surface area contributed by atoms with Crippen LogP contribution in [0.3, 0.4) is 0 Å². The Labute approximate surface area is 128 Å². The lowest BCUT2D eigenvalue weighted by Crippen LogP contribution is -2.21. The average molecular weight is 288 g/mol. The second-order valence-corrected chi connectivity index (χ2v) is 5.95. The first kappa shape index (κ1) is 15.8. The van der Waals surface area contributed by atoms with E-state index in [1.165, 1.54) is 17.1 Å². The number of rotatable bonds is 8. The zero-order chi connectivity index (χ0) is 15.2. The number of aryl methyl sites for hydroxylation is 2. The maximum absolute atomic E-state index is 4.63. The van der Waals surface area contributed by atoms with E-state index in [4.69, 9.17) is 0 Å². The summed E-state index contributed by atoms with van der Waals surface area (Å²) in [6.45, 7) is 12.6. The Morgan fingerprint density at radius 1 is 1.24 bits per heavy atom. The molecule has 2 heterocycles. The molecule has 0 radical (unpaired) electrons. The summed E-state index contributed by atoms with van der Waals surface area (Å²) in [6.07, 6.45) is 3.15. The zero-order valence-electron chi connectivity index (χ0n) is 13.8. The van der Waals surface area contributed by atoms with Gasteiger partial charge in [0, 0.05) is 25.0 Å². The van der Waals surface area contributed by atoms with Crippen molar-refractivity contribution in [3.8, 4) is 0 Å². The molecule has 2 aromatic rings. The van der Waals surface area contributed by atoms with Crippen molar-refractivity contribution in [2.45, 2.75) is 53.8 Å². The van der Waals surface area contributed by atoms with Crippen molar-refractivity contribution in [2.75, 3.05) is 6.54 Å². The third-order valence-electron chi connectivity index (χ3n) is 3.69. The maximum atomic E-state index is 4.63. The lowest BCUT2D eigenvalue weighted by molar-refractivity contribution is 0.533. The largest absolute Gasteiger partial charge is 0.344 e. The molecular weight excluding hydrogens is 260 g/mol. The summed E-state index contributed by atoms with van der Waals surface area (Å²) in [6, 6.07) is 6.55. The van der Waals surface area contributed by atoms with Crippen LogP contribution in [0.15, 0.2) is 24.4 Å². The summed E-state index contributed by atoms with van der Waals surface area (Å²) in [5, 5.41) is 8.15. The fourth-order valence-electron chi connectivity index (χ4n) is 2.52. The third-order valence-corrected chi connectivity index (χ3v) is 3.69. The molecular formula is C17H28N4. The molecule has 0 saturated heterocycles. The van der Waals surface area contributed by atoms with E-state index in [9.17, 15) is 0 Å². The van der Waals surface area contributed by atoms with E-state index in [0.717, 1.165) is 32.6 Å². The van der Waals surface area contributed by atoms with Gasteiger partial charge < -0.3 is 9.88 Å². The highest BCUT2D eigenvalue weighted by molar-refractivity contribution is 5.14. The molecule has 0 fully saturated rings. The quantitative estimate of drug-likeness (QED) is 0.810. The van der Waals surface area contributed by atoms with Crippen LogP contribution in [0.1, 0.15) is 44.8 Å². The maximum Gasteiger partial charge on any atom is 0.0642 e. The second kappa shape index (κ2) is 7.46. The van der Waals surface area contributed by atoms with E-state index in [2.05, 4.69) is 71.8 Å². The lowest BCUT2D eigenvalue weighted by Gasteiger charge is -2.12. The first-order valence-corrected chi connectivity index (χ1v) is 8.04. The molecule has 0 amide bonds. The van der Waals surface area contributed by atoms with Crippen LogP contribution >= 0.6 is 0 Å². The summed E-state index contributed by atoms with van der Waals surface area (Å²) in [7, 11) is 0. The summed E-state index contributed by atoms with van der Waals surface area (Å²) < 4.78 is 4.43. The Morgan fingerprint density at radius 3 is 2.71 bits per heavy atom. The summed E-state index contributed by atoms with van der Waals surface area (Å²) in [5.41, 5.74) is 3.80. The SMILES string of the molecule is CCc1cc(Cn2cccc2CNCC(C)C)n(CC)n1. The summed E-state index contributed by atoms with van der Waals surface area (Å²) in [4.78, 5) is 0. The minimum atomic E-state index is 0.682. The number of hydrogen-bond donors (Lipinski definition) is 1. The molecule has 0 aliphatic rings. The van der Waals surface area contributed by atoms with Gasteiger partial charge in [0.15, 0.2) is 0 Å². The smallest absolute Gasteiger partial charge is 0.0642 e. The predicted molar refractivity (Wildman–Crippen MR) is 87.4 cm³/mol. The van der Waals surface area contributed by atoms with E-state index in [1.54, 1.807) is 0 Å². The molecule has 0 bridgehead atoms. The fourth-order valence-corrected chi connectivity index (χ4v) is 2.52. The molecule has 0 unspecified atom stereocenters. The minimum absolute atomic E-state index is 0.682. The van der Waals surface area contributed by atoms with Crippen molar-refractivity contribution in [3.63, 3.8) is 0 Å². The van der Waals surface area contributed by atoms with Gasteiger partial charge in [0.25, 0.3) is 0 Å². The molecule has 2 aromatic heterocycles. The van der Waals surface area contributed by atoms with Crippen molar-refractivity contribution >= 4 is 0 Å². The van der Waals surface area contributed by atoms with Crippen LogP contribution in [0.2, 0.25) is 0 Å². The topological polar surface area (TPSA) is 34.8 Å². The van der Waals surface area contributed by atoms with E-state index < -0.39 is 0 Å². The van der Waals surface area contributed by atoms with Gasteiger partial charge in [-0.05, 0) is 44.0 Å². The van der Waals surface area contributed by atoms with Crippen LogP contribution in [0.25, 0.3) is 0 Å². The molecule has 4 heteroatoms. The van der Waals surface area contributed by atoms with Gasteiger partial charge in [-0.3, -0.25) is 4.68 Å². The van der Waals surface area contributed by atoms with Crippen LogP contribution < -0.4 is 5.32 Å². The highest BCUT2D eigenvalue weighted by atomic mass is 15.3. The van der Waals surface area contributed by atoms with Gasteiger partial charge in [-0.15, -0.1) is 0 Å². The van der Waals surface area contributed by atoms with Gasteiger partial charge in [-0.1, -0.05) is 20.8 Å². The number of hydrogen-bond acceptors (Lipinski definition) is 2. The molecule has 0 atom stereocenters. The van der Waals surface area contributed by atoms with Gasteiger partial charge in [0.05, 0.1) is 17.9 Å². The monoisotopic (exact) mass is 288 g/mol. The van der Waals surface area contributed by atoms with Gasteiger partial charge in [0.2, 0.25) is 0 Å². The highest BCUT2D eigenvalue weighted by Gasteiger charge is 2.08. The van der Waals surface area contributed by atoms with E-state index in [-0.39, 0.29) is 0 Å². The minimum Gasteiger partial charge on any atom is -0.344 e.